The number of aliphatic hydroxyl groups excluding tert-OH is 1. The van der Waals surface area contributed by atoms with Gasteiger partial charge in [0, 0.05) is 29.8 Å². The summed E-state index contributed by atoms with van der Waals surface area (Å²) in [4.78, 5) is 14.9. The molecule has 1 saturated carbocycles. The lowest BCUT2D eigenvalue weighted by atomic mass is 9.48. The van der Waals surface area contributed by atoms with Crippen LogP contribution in [0.5, 0.6) is 0 Å². The molecular formula is C22H29N3O2. The number of aliphatic hydroxyl groups is 1. The molecule has 1 aliphatic carbocycles. The first kappa shape index (κ1) is 18.2. The highest BCUT2D eigenvalue weighted by Gasteiger charge is 2.63. The molecule has 1 aromatic carbocycles. The molecule has 0 bridgehead atoms. The van der Waals surface area contributed by atoms with Crippen molar-refractivity contribution in [1.82, 2.24) is 14.7 Å². The Morgan fingerprint density at radius 1 is 1.26 bits per heavy atom. The maximum Gasteiger partial charge on any atom is 0.253 e. The molecule has 4 rings (SSSR count). The molecule has 5 heteroatoms. The van der Waals surface area contributed by atoms with Crippen LogP contribution in [0.1, 0.15) is 47.6 Å². The third-order valence-electron chi connectivity index (χ3n) is 6.64. The molecule has 1 N–H and O–H groups in total. The first-order chi connectivity index (χ1) is 12.7. The van der Waals surface area contributed by atoms with Gasteiger partial charge in [-0.25, -0.2) is 0 Å². The summed E-state index contributed by atoms with van der Waals surface area (Å²) in [5.74, 6) is 0.468. The Kier molecular flexibility index (Phi) is 4.18. The van der Waals surface area contributed by atoms with Crippen LogP contribution < -0.4 is 0 Å². The summed E-state index contributed by atoms with van der Waals surface area (Å²) in [5, 5.41) is 14.4. The van der Waals surface area contributed by atoms with Gasteiger partial charge in [-0.05, 0) is 55.4 Å². The molecule has 1 amide bonds. The van der Waals surface area contributed by atoms with E-state index in [-0.39, 0.29) is 23.3 Å². The predicted molar refractivity (Wildman–Crippen MR) is 105 cm³/mol. The van der Waals surface area contributed by atoms with E-state index in [1.807, 2.05) is 40.8 Å². The normalized spacial score (nSPS) is 26.0. The Morgan fingerprint density at radius 2 is 1.96 bits per heavy atom. The minimum Gasteiger partial charge on any atom is -0.396 e. The highest BCUT2D eigenvalue weighted by Crippen LogP contribution is 2.62. The maximum atomic E-state index is 13.0. The highest BCUT2D eigenvalue weighted by molar-refractivity contribution is 5.94. The topological polar surface area (TPSA) is 58.4 Å². The second-order valence-electron chi connectivity index (χ2n) is 9.21. The Labute approximate surface area is 161 Å². The van der Waals surface area contributed by atoms with Crippen molar-refractivity contribution >= 4 is 5.91 Å². The zero-order chi connectivity index (χ0) is 19.4. The van der Waals surface area contributed by atoms with Crippen molar-refractivity contribution in [3.63, 3.8) is 0 Å². The number of carbonyl (C=O) groups is 1. The van der Waals surface area contributed by atoms with Gasteiger partial charge in [0.05, 0.1) is 18.8 Å². The molecule has 2 aliphatic rings. The number of amides is 1. The van der Waals surface area contributed by atoms with E-state index in [1.54, 1.807) is 0 Å². The molecule has 5 nitrogen and oxygen atoms in total. The number of aryl methyl sites for hydroxylation is 2. The molecule has 1 aromatic heterocycles. The van der Waals surface area contributed by atoms with Gasteiger partial charge in [-0.15, -0.1) is 0 Å². The number of nitrogens with zero attached hydrogens (tertiary/aromatic N) is 3. The number of carbonyl (C=O) groups excluding carboxylic acids is 1. The molecule has 1 saturated heterocycles. The zero-order valence-electron chi connectivity index (χ0n) is 16.7. The SMILES string of the molecule is Cc1cc(C)n(Cc2ccc(C(=O)N3C[C@@H]4C(C)(C)C[C@]4(CO)C3)cc2)n1. The van der Waals surface area contributed by atoms with Gasteiger partial charge in [-0.1, -0.05) is 26.0 Å². The average Bonchev–Trinajstić information content (AvgIpc) is 3.12. The van der Waals surface area contributed by atoms with Gasteiger partial charge in [0.2, 0.25) is 0 Å². The van der Waals surface area contributed by atoms with E-state index in [1.165, 1.54) is 0 Å². The molecule has 27 heavy (non-hydrogen) atoms. The Morgan fingerprint density at radius 3 is 2.48 bits per heavy atom. The van der Waals surface area contributed by atoms with E-state index in [4.69, 9.17) is 0 Å². The van der Waals surface area contributed by atoms with Crippen LogP contribution in [0.15, 0.2) is 30.3 Å². The Hall–Kier alpha value is -2.14. The fourth-order valence-electron chi connectivity index (χ4n) is 5.44. The van der Waals surface area contributed by atoms with Crippen molar-refractivity contribution in [2.45, 2.75) is 40.7 Å². The third-order valence-corrected chi connectivity index (χ3v) is 6.64. The maximum absolute atomic E-state index is 13.0. The molecule has 0 unspecified atom stereocenters. The lowest BCUT2D eigenvalue weighted by molar-refractivity contribution is -0.0976. The first-order valence-electron chi connectivity index (χ1n) is 9.74. The lowest BCUT2D eigenvalue weighted by Gasteiger charge is -2.55. The molecule has 2 aromatic rings. The number of fused-ring (bicyclic) bond motifs is 1. The van der Waals surface area contributed by atoms with Crippen molar-refractivity contribution in [2.24, 2.45) is 16.7 Å². The summed E-state index contributed by atoms with van der Waals surface area (Å²) in [7, 11) is 0. The van der Waals surface area contributed by atoms with Crippen LogP contribution in [0.25, 0.3) is 0 Å². The van der Waals surface area contributed by atoms with Crippen LogP contribution in [-0.2, 0) is 6.54 Å². The summed E-state index contributed by atoms with van der Waals surface area (Å²) >= 11 is 0. The average molecular weight is 367 g/mol. The summed E-state index contributed by atoms with van der Waals surface area (Å²) < 4.78 is 1.98. The number of aromatic nitrogens is 2. The third kappa shape index (κ3) is 2.98. The van der Waals surface area contributed by atoms with Crippen LogP contribution >= 0.6 is 0 Å². The van der Waals surface area contributed by atoms with Crippen LogP contribution in [0.4, 0.5) is 0 Å². The molecule has 0 spiro atoms. The van der Waals surface area contributed by atoms with Crippen LogP contribution in [-0.4, -0.2) is 45.4 Å². The lowest BCUT2D eigenvalue weighted by Crippen LogP contribution is -2.54. The number of rotatable bonds is 4. The minimum absolute atomic E-state index is 0.0747. The molecule has 2 atom stereocenters. The van der Waals surface area contributed by atoms with E-state index in [2.05, 4.69) is 31.9 Å². The van der Waals surface area contributed by atoms with E-state index in [9.17, 15) is 9.90 Å². The molecular weight excluding hydrogens is 338 g/mol. The molecule has 0 radical (unpaired) electrons. The Bertz CT molecular complexity index is 868. The number of benzene rings is 1. The van der Waals surface area contributed by atoms with Gasteiger partial charge < -0.3 is 10.0 Å². The summed E-state index contributed by atoms with van der Waals surface area (Å²) in [5.41, 5.74) is 4.13. The van der Waals surface area contributed by atoms with Gasteiger partial charge in [-0.2, -0.15) is 5.10 Å². The highest BCUT2D eigenvalue weighted by atomic mass is 16.3. The summed E-state index contributed by atoms with van der Waals surface area (Å²) in [6.45, 7) is 10.8. The van der Waals surface area contributed by atoms with Crippen molar-refractivity contribution in [3.05, 3.63) is 52.8 Å². The largest absolute Gasteiger partial charge is 0.396 e. The molecule has 144 valence electrons. The van der Waals surface area contributed by atoms with Gasteiger partial charge in [0.15, 0.2) is 0 Å². The van der Waals surface area contributed by atoms with E-state index in [0.717, 1.165) is 35.5 Å². The summed E-state index contributed by atoms with van der Waals surface area (Å²) in [6.07, 6.45) is 0.993. The second kappa shape index (κ2) is 6.20. The monoisotopic (exact) mass is 367 g/mol. The second-order valence-corrected chi connectivity index (χ2v) is 9.21. The van der Waals surface area contributed by atoms with Gasteiger partial charge in [0.1, 0.15) is 0 Å². The fourth-order valence-corrected chi connectivity index (χ4v) is 5.44. The first-order valence-corrected chi connectivity index (χ1v) is 9.74. The number of hydrogen-bond donors (Lipinski definition) is 1. The fraction of sp³-hybridized carbons (Fsp3) is 0.545. The number of hydrogen-bond acceptors (Lipinski definition) is 3. The van der Waals surface area contributed by atoms with Crippen molar-refractivity contribution in [2.75, 3.05) is 19.7 Å². The quantitative estimate of drug-likeness (QED) is 0.904. The van der Waals surface area contributed by atoms with Crippen molar-refractivity contribution in [3.8, 4) is 0 Å². The van der Waals surface area contributed by atoms with Gasteiger partial charge in [-0.3, -0.25) is 9.48 Å². The zero-order valence-corrected chi connectivity index (χ0v) is 16.7. The predicted octanol–water partition coefficient (Wildman–Crippen LogP) is 3.03. The van der Waals surface area contributed by atoms with Gasteiger partial charge in [0.25, 0.3) is 5.91 Å². The van der Waals surface area contributed by atoms with E-state index in [0.29, 0.717) is 19.0 Å². The molecule has 2 heterocycles. The minimum atomic E-state index is -0.0887. The summed E-state index contributed by atoms with van der Waals surface area (Å²) in [6, 6.07) is 9.93. The van der Waals surface area contributed by atoms with Crippen LogP contribution in [0, 0.1) is 30.6 Å². The van der Waals surface area contributed by atoms with Gasteiger partial charge >= 0.3 is 0 Å². The van der Waals surface area contributed by atoms with E-state index < -0.39 is 0 Å². The van der Waals surface area contributed by atoms with Crippen LogP contribution in [0.3, 0.4) is 0 Å². The van der Waals surface area contributed by atoms with E-state index >= 15 is 0 Å². The smallest absolute Gasteiger partial charge is 0.253 e. The standard InChI is InChI=1S/C22H29N3O2/c1-15-9-16(2)25(23-15)10-17-5-7-18(8-6-17)20(27)24-11-19-21(3,4)12-22(19,13-24)14-26/h5-9,19,26H,10-14H2,1-4H3/t19-,22-/m1/s1. The Balaban J connectivity index is 1.46. The van der Waals surface area contributed by atoms with Crippen LogP contribution in [0.2, 0.25) is 0 Å². The molecule has 2 fully saturated rings. The van der Waals surface area contributed by atoms with Crippen molar-refractivity contribution in [1.29, 1.82) is 0 Å². The molecule has 1 aliphatic heterocycles. The van der Waals surface area contributed by atoms with Crippen molar-refractivity contribution < 1.29 is 9.90 Å². The number of likely N-dealkylation sites (tertiary alicyclic amines) is 1.